The van der Waals surface area contributed by atoms with Crippen molar-refractivity contribution >= 4 is 28.6 Å². The molecular weight excluding hydrogens is 396 g/mol. The third-order valence-electron chi connectivity index (χ3n) is 5.23. The molecular formula is C25H31ClN2O2. The molecule has 30 heavy (non-hydrogen) atoms. The van der Waals surface area contributed by atoms with Crippen molar-refractivity contribution in [3.05, 3.63) is 53.6 Å². The summed E-state index contributed by atoms with van der Waals surface area (Å²) < 4.78 is 7.72. The van der Waals surface area contributed by atoms with Gasteiger partial charge >= 0.3 is 5.97 Å². The molecule has 1 aliphatic carbocycles. The Morgan fingerprint density at radius 1 is 1.13 bits per heavy atom. The number of benzene rings is 2. The number of para-hydroxylation sites is 2. The molecule has 160 valence electrons. The van der Waals surface area contributed by atoms with Gasteiger partial charge in [0, 0.05) is 10.6 Å². The van der Waals surface area contributed by atoms with Crippen molar-refractivity contribution in [2.24, 2.45) is 5.92 Å². The van der Waals surface area contributed by atoms with Gasteiger partial charge in [0.1, 0.15) is 18.5 Å². The van der Waals surface area contributed by atoms with E-state index in [1.54, 1.807) is 0 Å². The van der Waals surface area contributed by atoms with Crippen LogP contribution in [0.1, 0.15) is 52.9 Å². The average Bonchev–Trinajstić information content (AvgIpc) is 3.07. The van der Waals surface area contributed by atoms with E-state index in [0.717, 1.165) is 41.7 Å². The number of fused-ring (bicyclic) bond motifs is 1. The van der Waals surface area contributed by atoms with Crippen molar-refractivity contribution in [3.8, 4) is 11.4 Å². The smallest absolute Gasteiger partial charge is 0.326 e. The quantitative estimate of drug-likeness (QED) is 0.426. The number of hydrogen-bond acceptors (Lipinski definition) is 3. The largest absolute Gasteiger partial charge is 0.461 e. The van der Waals surface area contributed by atoms with Gasteiger partial charge in [0.25, 0.3) is 0 Å². The highest BCUT2D eigenvalue weighted by molar-refractivity contribution is 6.30. The predicted octanol–water partition coefficient (Wildman–Crippen LogP) is 6.89. The predicted molar refractivity (Wildman–Crippen MR) is 124 cm³/mol. The van der Waals surface area contributed by atoms with E-state index in [1.165, 1.54) is 12.8 Å². The summed E-state index contributed by atoms with van der Waals surface area (Å²) in [6.07, 6.45) is 5.56. The minimum Gasteiger partial charge on any atom is -0.461 e. The molecule has 0 spiro atoms. The average molecular weight is 427 g/mol. The van der Waals surface area contributed by atoms with Crippen molar-refractivity contribution < 1.29 is 9.53 Å². The highest BCUT2D eigenvalue weighted by Crippen LogP contribution is 2.28. The minimum absolute atomic E-state index is 0.0371. The second kappa shape index (κ2) is 10.6. The third kappa shape index (κ3) is 5.63. The second-order valence-electron chi connectivity index (χ2n) is 8.11. The van der Waals surface area contributed by atoms with Crippen LogP contribution in [0, 0.1) is 5.92 Å². The lowest BCUT2D eigenvalue weighted by Gasteiger charge is -2.26. The maximum Gasteiger partial charge on any atom is 0.326 e. The Hall–Kier alpha value is -2.33. The number of aromatic nitrogens is 2. The number of nitrogens with zero attached hydrogens (tertiary/aromatic N) is 2. The molecule has 0 aliphatic heterocycles. The summed E-state index contributed by atoms with van der Waals surface area (Å²) in [5, 5.41) is 0.673. The summed E-state index contributed by atoms with van der Waals surface area (Å²) in [5.41, 5.74) is 2.72. The molecule has 5 heteroatoms. The molecule has 4 nitrogen and oxygen atoms in total. The molecule has 3 aromatic rings. The van der Waals surface area contributed by atoms with Crippen LogP contribution in [0.3, 0.4) is 0 Å². The lowest BCUT2D eigenvalue weighted by molar-refractivity contribution is -0.151. The molecule has 1 aromatic heterocycles. The minimum atomic E-state index is -0.201. The fraction of sp³-hybridized carbons (Fsp3) is 0.440. The first kappa shape index (κ1) is 22.4. The highest BCUT2D eigenvalue weighted by Gasteiger charge is 2.23. The molecule has 1 fully saturated rings. The van der Waals surface area contributed by atoms with Crippen LogP contribution in [0.4, 0.5) is 0 Å². The normalized spacial score (nSPS) is 18.5. The van der Waals surface area contributed by atoms with E-state index >= 15 is 0 Å². The zero-order valence-electron chi connectivity index (χ0n) is 18.1. The number of halogens is 1. The summed E-state index contributed by atoms with van der Waals surface area (Å²) >= 11 is 6.02. The van der Waals surface area contributed by atoms with Crippen molar-refractivity contribution in [1.82, 2.24) is 9.55 Å². The molecule has 0 radical (unpaired) electrons. The summed E-state index contributed by atoms with van der Waals surface area (Å²) in [6.45, 7) is 6.63. The Morgan fingerprint density at radius 3 is 2.53 bits per heavy atom. The fourth-order valence-corrected chi connectivity index (χ4v) is 4.02. The van der Waals surface area contributed by atoms with Crippen LogP contribution in [0.2, 0.25) is 5.02 Å². The fourth-order valence-electron chi connectivity index (χ4n) is 3.89. The number of carbonyl (C=O) groups is 1. The van der Waals surface area contributed by atoms with Gasteiger partial charge in [-0.3, -0.25) is 4.79 Å². The van der Waals surface area contributed by atoms with Gasteiger partial charge < -0.3 is 9.30 Å². The monoisotopic (exact) mass is 426 g/mol. The van der Waals surface area contributed by atoms with Gasteiger partial charge in [-0.15, -0.1) is 0 Å². The van der Waals surface area contributed by atoms with E-state index in [-0.39, 0.29) is 18.6 Å². The zero-order chi connectivity index (χ0) is 21.5. The zero-order valence-corrected chi connectivity index (χ0v) is 18.9. The van der Waals surface area contributed by atoms with Crippen molar-refractivity contribution in [2.75, 3.05) is 0 Å². The Bertz CT molecular complexity index is 965. The van der Waals surface area contributed by atoms with Crippen LogP contribution in [0.15, 0.2) is 48.5 Å². The Balaban J connectivity index is 0.000000806. The maximum atomic E-state index is 12.7. The summed E-state index contributed by atoms with van der Waals surface area (Å²) in [5.74, 6) is 1.17. The Morgan fingerprint density at radius 2 is 1.83 bits per heavy atom. The Kier molecular flexibility index (Phi) is 7.92. The number of carbonyl (C=O) groups excluding carboxylic acids is 1. The van der Waals surface area contributed by atoms with Gasteiger partial charge in [0.2, 0.25) is 0 Å². The molecule has 0 N–H and O–H groups in total. The SMILES string of the molecule is CCC.C[C@@H]1CCC[C@H](OC(=O)Cn2c(-c3ccc(Cl)cc3)nc3ccccc32)C1. The van der Waals surface area contributed by atoms with E-state index in [2.05, 4.69) is 20.8 Å². The lowest BCUT2D eigenvalue weighted by Crippen LogP contribution is -2.26. The molecule has 0 bridgehead atoms. The van der Waals surface area contributed by atoms with E-state index in [4.69, 9.17) is 21.3 Å². The van der Waals surface area contributed by atoms with Crippen LogP contribution >= 0.6 is 11.6 Å². The number of esters is 1. The first-order valence-electron chi connectivity index (χ1n) is 10.9. The molecule has 0 unspecified atom stereocenters. The van der Waals surface area contributed by atoms with Crippen molar-refractivity contribution in [3.63, 3.8) is 0 Å². The van der Waals surface area contributed by atoms with Gasteiger partial charge in [0.15, 0.2) is 0 Å². The van der Waals surface area contributed by atoms with Gasteiger partial charge in [-0.1, -0.05) is 57.3 Å². The molecule has 0 amide bonds. The van der Waals surface area contributed by atoms with Crippen LogP contribution in [-0.2, 0) is 16.1 Å². The number of imidazole rings is 1. The topological polar surface area (TPSA) is 44.1 Å². The standard InChI is InChI=1S/C22H23ClN2O2.C3H8/c1-15-5-4-6-18(13-15)27-21(26)14-25-20-8-3-2-7-19(20)24-22(25)16-9-11-17(23)12-10-16;1-3-2/h2-3,7-12,15,18H,4-6,13-14H2,1H3;3H2,1-2H3/t15-,18+;/m1./s1. The number of rotatable bonds is 4. The van der Waals surface area contributed by atoms with Crippen LogP contribution in [-0.4, -0.2) is 21.6 Å². The van der Waals surface area contributed by atoms with E-state index in [0.29, 0.717) is 10.9 Å². The third-order valence-corrected chi connectivity index (χ3v) is 5.48. The molecule has 4 rings (SSSR count). The maximum absolute atomic E-state index is 12.7. The van der Waals surface area contributed by atoms with E-state index in [9.17, 15) is 4.79 Å². The number of hydrogen-bond donors (Lipinski definition) is 0. The van der Waals surface area contributed by atoms with Gasteiger partial charge in [-0.05, 0) is 61.6 Å². The summed E-state index contributed by atoms with van der Waals surface area (Å²) in [7, 11) is 0. The molecule has 1 aliphatic rings. The number of ether oxygens (including phenoxy) is 1. The summed E-state index contributed by atoms with van der Waals surface area (Å²) in [6, 6.07) is 15.4. The van der Waals surface area contributed by atoms with E-state index in [1.807, 2.05) is 53.1 Å². The molecule has 1 heterocycles. The first-order valence-corrected chi connectivity index (χ1v) is 11.3. The van der Waals surface area contributed by atoms with Gasteiger partial charge in [-0.25, -0.2) is 4.98 Å². The van der Waals surface area contributed by atoms with Crippen LogP contribution in [0.5, 0.6) is 0 Å². The molecule has 0 saturated heterocycles. The molecule has 2 aromatic carbocycles. The Labute approximate surface area is 184 Å². The van der Waals surface area contributed by atoms with Crippen molar-refractivity contribution in [2.45, 2.75) is 65.5 Å². The van der Waals surface area contributed by atoms with Gasteiger partial charge in [0.05, 0.1) is 11.0 Å². The second-order valence-corrected chi connectivity index (χ2v) is 8.54. The summed E-state index contributed by atoms with van der Waals surface area (Å²) in [4.78, 5) is 17.4. The first-order chi connectivity index (χ1) is 14.5. The van der Waals surface area contributed by atoms with E-state index < -0.39 is 0 Å². The van der Waals surface area contributed by atoms with Crippen LogP contribution < -0.4 is 0 Å². The highest BCUT2D eigenvalue weighted by atomic mass is 35.5. The molecule has 1 saturated carbocycles. The van der Waals surface area contributed by atoms with Crippen LogP contribution in [0.25, 0.3) is 22.4 Å². The van der Waals surface area contributed by atoms with Crippen molar-refractivity contribution in [1.29, 1.82) is 0 Å². The van der Waals surface area contributed by atoms with Gasteiger partial charge in [-0.2, -0.15) is 0 Å². The lowest BCUT2D eigenvalue weighted by atomic mass is 9.89. The molecule has 2 atom stereocenters.